The van der Waals surface area contributed by atoms with Crippen LogP contribution < -0.4 is 0 Å². The van der Waals surface area contributed by atoms with Gasteiger partial charge >= 0.3 is 0 Å². The third-order valence-corrected chi connectivity index (χ3v) is 0.512. The van der Waals surface area contributed by atoms with Crippen molar-refractivity contribution in [3.05, 3.63) is 0 Å². The van der Waals surface area contributed by atoms with Crippen molar-refractivity contribution in [1.29, 1.82) is 0 Å². The zero-order valence-corrected chi connectivity index (χ0v) is 3.57. The van der Waals surface area contributed by atoms with E-state index < -0.39 is 0 Å². The Kier molecular flexibility index (Phi) is 3.93. The van der Waals surface area contributed by atoms with Gasteiger partial charge in [-0.3, -0.25) is 0 Å². The average molecular weight is 76.1 g/mol. The van der Waals surface area contributed by atoms with Crippen molar-refractivity contribution in [1.82, 2.24) is 0 Å². The van der Waals surface area contributed by atoms with E-state index >= 15 is 0 Å². The molecule has 0 aromatic carbocycles. The van der Waals surface area contributed by atoms with Crippen molar-refractivity contribution in [3.63, 3.8) is 0 Å². The molecule has 0 bridgehead atoms. The van der Waals surface area contributed by atoms with E-state index in [0.29, 0.717) is 6.61 Å². The maximum atomic E-state index is 8.07. The summed E-state index contributed by atoms with van der Waals surface area (Å²) in [7, 11) is 0. The van der Waals surface area contributed by atoms with Crippen molar-refractivity contribution >= 4 is 0 Å². The Morgan fingerprint density at radius 3 is 2.40 bits per heavy atom. The highest BCUT2D eigenvalue weighted by Crippen LogP contribution is 1.78. The molecular formula is C4H12O. The minimum atomic E-state index is 0. The second-order valence-corrected chi connectivity index (χ2v) is 1.08. The van der Waals surface area contributed by atoms with Crippen molar-refractivity contribution in [2.45, 2.75) is 19.8 Å². The Morgan fingerprint density at radius 2 is 2.40 bits per heavy atom. The molecule has 1 nitrogen and oxygen atoms in total. The Labute approximate surface area is 34.1 Å². The highest BCUT2D eigenvalue weighted by molar-refractivity contribution is 4.23. The van der Waals surface area contributed by atoms with Crippen molar-refractivity contribution in [2.24, 2.45) is 0 Å². The zero-order chi connectivity index (χ0) is 4.12. The van der Waals surface area contributed by atoms with Gasteiger partial charge in [-0.05, 0) is 6.42 Å². The van der Waals surface area contributed by atoms with Gasteiger partial charge in [-0.2, -0.15) is 0 Å². The molecule has 0 amide bonds. The van der Waals surface area contributed by atoms with Gasteiger partial charge in [-0.25, -0.2) is 0 Å². The molecule has 0 atom stereocenters. The second kappa shape index (κ2) is 3.96. The average Bonchev–Trinajstić information content (AvgIpc) is 1.41. The maximum Gasteiger partial charge on any atom is 0.0430 e. The summed E-state index contributed by atoms with van der Waals surface area (Å²) in [4.78, 5) is 0. The molecule has 0 fully saturated rings. The standard InChI is InChI=1S/C4H10O.H2/c1-2-3-4-5;/h5H,2-4H2,1H3;1H. The predicted octanol–water partition coefficient (Wildman–Crippen LogP) is 1.02. The van der Waals surface area contributed by atoms with E-state index in [1.165, 1.54) is 0 Å². The van der Waals surface area contributed by atoms with E-state index in [4.69, 9.17) is 5.11 Å². The third kappa shape index (κ3) is 3.96. The van der Waals surface area contributed by atoms with E-state index in [2.05, 4.69) is 6.92 Å². The van der Waals surface area contributed by atoms with Crippen LogP contribution in [0, 0.1) is 0 Å². The summed E-state index contributed by atoms with van der Waals surface area (Å²) in [6, 6.07) is 0. The molecule has 34 valence electrons. The summed E-state index contributed by atoms with van der Waals surface area (Å²) in [5.41, 5.74) is 0. The van der Waals surface area contributed by atoms with Crippen LogP contribution in [0.2, 0.25) is 0 Å². The fourth-order valence-electron chi connectivity index (χ4n) is 0.158. The number of rotatable bonds is 2. The Hall–Kier alpha value is -0.0400. The van der Waals surface area contributed by atoms with E-state index in [1.54, 1.807) is 0 Å². The van der Waals surface area contributed by atoms with Crippen LogP contribution in [0.5, 0.6) is 0 Å². The number of hydrogen-bond acceptors (Lipinski definition) is 1. The summed E-state index contributed by atoms with van der Waals surface area (Å²) in [6.45, 7) is 2.40. The summed E-state index contributed by atoms with van der Waals surface area (Å²) in [5, 5.41) is 8.07. The molecule has 0 aromatic heterocycles. The largest absolute Gasteiger partial charge is 0.396 e. The molecule has 0 heterocycles. The van der Waals surface area contributed by atoms with Crippen molar-refractivity contribution < 1.29 is 6.53 Å². The topological polar surface area (TPSA) is 20.2 Å². The number of hydrogen-bond donors (Lipinski definition) is 1. The SMILES string of the molecule is CCCCO.[HH]. The summed E-state index contributed by atoms with van der Waals surface area (Å²) in [5.74, 6) is 0. The van der Waals surface area contributed by atoms with Crippen LogP contribution >= 0.6 is 0 Å². The number of aliphatic hydroxyl groups is 1. The monoisotopic (exact) mass is 76.1 g/mol. The highest BCUT2D eigenvalue weighted by atomic mass is 16.2. The van der Waals surface area contributed by atoms with E-state index in [0.717, 1.165) is 12.8 Å². The molecule has 0 saturated carbocycles. The first-order valence-corrected chi connectivity index (χ1v) is 2.02. The molecule has 1 N–H and O–H groups in total. The molecule has 0 rings (SSSR count). The Balaban J connectivity index is 0. The van der Waals surface area contributed by atoms with Crippen LogP contribution in [0.3, 0.4) is 0 Å². The van der Waals surface area contributed by atoms with Gasteiger partial charge in [0, 0.05) is 8.03 Å². The van der Waals surface area contributed by atoms with Gasteiger partial charge in [-0.15, -0.1) is 0 Å². The first-order valence-electron chi connectivity index (χ1n) is 2.02. The Bertz CT molecular complexity index is 15.0. The van der Waals surface area contributed by atoms with Gasteiger partial charge in [0.25, 0.3) is 0 Å². The van der Waals surface area contributed by atoms with Crippen molar-refractivity contribution in [2.75, 3.05) is 6.61 Å². The molecule has 1 heteroatoms. The fraction of sp³-hybridized carbons (Fsp3) is 1.00. The first kappa shape index (κ1) is 4.96. The molecule has 0 aliphatic carbocycles. The number of aliphatic hydroxyl groups excluding tert-OH is 1. The van der Waals surface area contributed by atoms with Crippen LogP contribution in [-0.2, 0) is 0 Å². The molecule has 0 aliphatic rings. The predicted molar refractivity (Wildman–Crippen MR) is 24.1 cm³/mol. The zero-order valence-electron chi connectivity index (χ0n) is 3.57. The molecular weight excluding hydrogens is 64.0 g/mol. The van der Waals surface area contributed by atoms with Gasteiger partial charge in [0.15, 0.2) is 0 Å². The quantitative estimate of drug-likeness (QED) is 0.520. The lowest BCUT2D eigenvalue weighted by atomic mass is 10.4. The molecule has 0 saturated heterocycles. The lowest BCUT2D eigenvalue weighted by Gasteiger charge is -1.79. The summed E-state index contributed by atoms with van der Waals surface area (Å²) in [6.07, 6.45) is 2.04. The maximum absolute atomic E-state index is 8.07. The minimum Gasteiger partial charge on any atom is -0.396 e. The summed E-state index contributed by atoms with van der Waals surface area (Å²) < 4.78 is 0. The summed E-state index contributed by atoms with van der Waals surface area (Å²) >= 11 is 0. The van der Waals surface area contributed by atoms with Gasteiger partial charge in [-0.1, -0.05) is 13.3 Å². The third-order valence-electron chi connectivity index (χ3n) is 0.512. The fourth-order valence-corrected chi connectivity index (χ4v) is 0.158. The number of unbranched alkanes of at least 4 members (excludes halogenated alkanes) is 1. The smallest absolute Gasteiger partial charge is 0.0430 e. The second-order valence-electron chi connectivity index (χ2n) is 1.08. The molecule has 0 aromatic rings. The van der Waals surface area contributed by atoms with Crippen LogP contribution in [0.4, 0.5) is 0 Å². The van der Waals surface area contributed by atoms with Gasteiger partial charge in [0.2, 0.25) is 0 Å². The molecule has 0 unspecified atom stereocenters. The first-order chi connectivity index (χ1) is 2.41. The van der Waals surface area contributed by atoms with Crippen LogP contribution in [-0.4, -0.2) is 11.7 Å². The van der Waals surface area contributed by atoms with Gasteiger partial charge < -0.3 is 5.11 Å². The normalized spacial score (nSPS) is 8.40. The lowest BCUT2D eigenvalue weighted by molar-refractivity contribution is 0.287. The lowest BCUT2D eigenvalue weighted by Crippen LogP contribution is -1.75. The Morgan fingerprint density at radius 1 is 1.80 bits per heavy atom. The minimum absolute atomic E-state index is 0. The van der Waals surface area contributed by atoms with Gasteiger partial charge in [0.05, 0.1) is 0 Å². The van der Waals surface area contributed by atoms with E-state index in [9.17, 15) is 0 Å². The molecule has 5 heavy (non-hydrogen) atoms. The highest BCUT2D eigenvalue weighted by Gasteiger charge is 1.69. The van der Waals surface area contributed by atoms with Crippen LogP contribution in [0.1, 0.15) is 21.2 Å². The van der Waals surface area contributed by atoms with Crippen molar-refractivity contribution in [3.8, 4) is 0 Å². The van der Waals surface area contributed by atoms with E-state index in [-0.39, 0.29) is 1.43 Å². The van der Waals surface area contributed by atoms with Crippen LogP contribution in [0.15, 0.2) is 0 Å². The van der Waals surface area contributed by atoms with Gasteiger partial charge in [0.1, 0.15) is 0 Å². The van der Waals surface area contributed by atoms with Crippen LogP contribution in [0.25, 0.3) is 0 Å². The molecule has 0 radical (unpaired) electrons. The molecule has 0 aliphatic heterocycles. The molecule has 0 spiro atoms. The van der Waals surface area contributed by atoms with E-state index in [1.807, 2.05) is 0 Å².